The van der Waals surface area contributed by atoms with E-state index in [0.29, 0.717) is 0 Å². The first kappa shape index (κ1) is 13.4. The zero-order chi connectivity index (χ0) is 12.8. The van der Waals surface area contributed by atoms with Gasteiger partial charge in [-0.1, -0.05) is 11.6 Å². The molecular formula is C11H12ClFN2O2. The summed E-state index contributed by atoms with van der Waals surface area (Å²) in [6, 6.07) is 3.98. The third-order valence-corrected chi connectivity index (χ3v) is 2.17. The van der Waals surface area contributed by atoms with Crippen LogP contribution in [0.4, 0.5) is 10.1 Å². The van der Waals surface area contributed by atoms with E-state index in [1.165, 1.54) is 19.1 Å². The second-order valence-electron chi connectivity index (χ2n) is 3.41. The molecule has 1 aromatic rings. The predicted molar refractivity (Wildman–Crippen MR) is 63.3 cm³/mol. The van der Waals surface area contributed by atoms with Gasteiger partial charge < -0.3 is 10.6 Å². The lowest BCUT2D eigenvalue weighted by molar-refractivity contribution is -0.119. The number of benzene rings is 1. The lowest BCUT2D eigenvalue weighted by atomic mass is 10.3. The third-order valence-electron chi connectivity index (χ3n) is 1.93. The Kier molecular flexibility index (Phi) is 4.90. The lowest BCUT2D eigenvalue weighted by Gasteiger charge is -2.06. The molecular weight excluding hydrogens is 247 g/mol. The molecule has 0 spiro atoms. The Morgan fingerprint density at radius 1 is 1.41 bits per heavy atom. The van der Waals surface area contributed by atoms with Crippen molar-refractivity contribution < 1.29 is 14.0 Å². The Labute approximate surface area is 103 Å². The van der Waals surface area contributed by atoms with Crippen LogP contribution in [0, 0.1) is 5.82 Å². The molecule has 2 N–H and O–H groups in total. The average Bonchev–Trinajstić information content (AvgIpc) is 2.21. The third kappa shape index (κ3) is 4.82. The molecule has 0 aliphatic rings. The fourth-order valence-corrected chi connectivity index (χ4v) is 1.31. The molecule has 6 heteroatoms. The largest absolute Gasteiger partial charge is 0.356 e. The van der Waals surface area contributed by atoms with Crippen LogP contribution in [0.15, 0.2) is 18.2 Å². The van der Waals surface area contributed by atoms with E-state index in [0.717, 1.165) is 6.07 Å². The van der Waals surface area contributed by atoms with E-state index in [2.05, 4.69) is 10.6 Å². The second-order valence-corrected chi connectivity index (χ2v) is 3.84. The molecule has 0 bridgehead atoms. The molecule has 4 nitrogen and oxygen atoms in total. The van der Waals surface area contributed by atoms with Gasteiger partial charge in [-0.15, -0.1) is 0 Å². The van der Waals surface area contributed by atoms with Crippen LogP contribution < -0.4 is 10.6 Å². The summed E-state index contributed by atoms with van der Waals surface area (Å²) in [5, 5.41) is 5.12. The Hall–Kier alpha value is -1.62. The van der Waals surface area contributed by atoms with Crippen molar-refractivity contribution in [1.82, 2.24) is 5.32 Å². The molecule has 0 fully saturated rings. The average molecular weight is 259 g/mol. The Morgan fingerprint density at radius 3 is 2.71 bits per heavy atom. The minimum atomic E-state index is -0.592. The molecule has 0 aliphatic heterocycles. The summed E-state index contributed by atoms with van der Waals surface area (Å²) in [7, 11) is 0. The number of anilines is 1. The minimum absolute atomic E-state index is 0.0715. The van der Waals surface area contributed by atoms with Crippen molar-refractivity contribution in [1.29, 1.82) is 0 Å². The summed E-state index contributed by atoms with van der Waals surface area (Å²) >= 11 is 5.57. The highest BCUT2D eigenvalue weighted by atomic mass is 35.5. The molecule has 0 atom stereocenters. The van der Waals surface area contributed by atoms with Gasteiger partial charge in [0.15, 0.2) is 0 Å². The van der Waals surface area contributed by atoms with Crippen molar-refractivity contribution in [3.63, 3.8) is 0 Å². The fourth-order valence-electron chi connectivity index (χ4n) is 1.16. The number of halogens is 2. The highest BCUT2D eigenvalue weighted by Gasteiger charge is 2.07. The maximum atomic E-state index is 13.3. The van der Waals surface area contributed by atoms with E-state index in [1.54, 1.807) is 0 Å². The molecule has 0 saturated carbocycles. The molecule has 0 heterocycles. The van der Waals surface area contributed by atoms with Crippen molar-refractivity contribution >= 4 is 29.1 Å². The quantitative estimate of drug-likeness (QED) is 0.867. The Morgan fingerprint density at radius 2 is 2.12 bits per heavy atom. The first-order chi connectivity index (χ1) is 7.99. The summed E-state index contributed by atoms with van der Waals surface area (Å²) in [6.07, 6.45) is 0.0850. The van der Waals surface area contributed by atoms with E-state index >= 15 is 0 Å². The maximum Gasteiger partial charge on any atom is 0.226 e. The van der Waals surface area contributed by atoms with Gasteiger partial charge in [0.05, 0.1) is 5.69 Å². The summed E-state index contributed by atoms with van der Waals surface area (Å²) in [6.45, 7) is 1.58. The van der Waals surface area contributed by atoms with Crippen molar-refractivity contribution in [2.75, 3.05) is 11.9 Å². The maximum absolute atomic E-state index is 13.3. The normalized spacial score (nSPS) is 9.82. The van der Waals surface area contributed by atoms with Gasteiger partial charge in [-0.05, 0) is 18.2 Å². The van der Waals surface area contributed by atoms with Gasteiger partial charge in [-0.25, -0.2) is 4.39 Å². The van der Waals surface area contributed by atoms with Gasteiger partial charge in [0.2, 0.25) is 11.8 Å². The standard InChI is InChI=1S/C11H12ClFN2O2/c1-7(16)14-5-4-11(17)15-10-3-2-8(12)6-9(10)13/h2-3,6H,4-5H2,1H3,(H,14,16)(H,15,17). The minimum Gasteiger partial charge on any atom is -0.356 e. The van der Waals surface area contributed by atoms with E-state index in [4.69, 9.17) is 11.6 Å². The number of carbonyl (C=O) groups excluding carboxylic acids is 2. The second kappa shape index (κ2) is 6.20. The molecule has 0 radical (unpaired) electrons. The lowest BCUT2D eigenvalue weighted by Crippen LogP contribution is -2.25. The molecule has 2 amide bonds. The van der Waals surface area contributed by atoms with Crippen molar-refractivity contribution in [2.45, 2.75) is 13.3 Å². The van der Waals surface area contributed by atoms with E-state index in [1.807, 2.05) is 0 Å². The highest BCUT2D eigenvalue weighted by Crippen LogP contribution is 2.18. The first-order valence-electron chi connectivity index (χ1n) is 4.98. The van der Waals surface area contributed by atoms with Gasteiger partial charge in [0, 0.05) is 24.9 Å². The monoisotopic (exact) mass is 258 g/mol. The van der Waals surface area contributed by atoms with Crippen LogP contribution in [-0.2, 0) is 9.59 Å². The van der Waals surface area contributed by atoms with Crippen LogP contribution in [0.2, 0.25) is 5.02 Å². The van der Waals surface area contributed by atoms with Crippen LogP contribution in [-0.4, -0.2) is 18.4 Å². The first-order valence-corrected chi connectivity index (χ1v) is 5.36. The molecule has 0 saturated heterocycles. The van der Waals surface area contributed by atoms with Crippen molar-refractivity contribution in [2.24, 2.45) is 0 Å². The SMILES string of the molecule is CC(=O)NCCC(=O)Nc1ccc(Cl)cc1F. The number of hydrogen-bond donors (Lipinski definition) is 2. The summed E-state index contributed by atoms with van der Waals surface area (Å²) in [5.41, 5.74) is 0.0715. The Bertz CT molecular complexity index is 437. The molecule has 92 valence electrons. The van der Waals surface area contributed by atoms with E-state index in [9.17, 15) is 14.0 Å². The number of hydrogen-bond acceptors (Lipinski definition) is 2. The predicted octanol–water partition coefficient (Wildman–Crippen LogP) is 1.94. The summed E-state index contributed by atoms with van der Waals surface area (Å²) in [5.74, 6) is -1.18. The van der Waals surface area contributed by atoms with Gasteiger partial charge in [0.25, 0.3) is 0 Å². The molecule has 0 aliphatic carbocycles. The van der Waals surface area contributed by atoms with E-state index in [-0.39, 0.29) is 35.5 Å². The van der Waals surface area contributed by atoms with Gasteiger partial charge in [-0.2, -0.15) is 0 Å². The molecule has 0 unspecified atom stereocenters. The zero-order valence-electron chi connectivity index (χ0n) is 9.22. The number of amides is 2. The van der Waals surface area contributed by atoms with Crippen molar-refractivity contribution in [3.8, 4) is 0 Å². The topological polar surface area (TPSA) is 58.2 Å². The fraction of sp³-hybridized carbons (Fsp3) is 0.273. The highest BCUT2D eigenvalue weighted by molar-refractivity contribution is 6.30. The molecule has 17 heavy (non-hydrogen) atoms. The van der Waals surface area contributed by atoms with Crippen LogP contribution >= 0.6 is 11.6 Å². The molecule has 0 aromatic heterocycles. The number of nitrogens with one attached hydrogen (secondary N) is 2. The van der Waals surface area contributed by atoms with Crippen LogP contribution in [0.1, 0.15) is 13.3 Å². The Balaban J connectivity index is 2.48. The number of carbonyl (C=O) groups is 2. The van der Waals surface area contributed by atoms with Crippen LogP contribution in [0.3, 0.4) is 0 Å². The summed E-state index contributed by atoms with van der Waals surface area (Å²) < 4.78 is 13.3. The molecule has 1 aromatic carbocycles. The zero-order valence-corrected chi connectivity index (χ0v) is 9.97. The molecule has 1 rings (SSSR count). The van der Waals surface area contributed by atoms with Crippen LogP contribution in [0.25, 0.3) is 0 Å². The van der Waals surface area contributed by atoms with Gasteiger partial charge in [0.1, 0.15) is 5.82 Å². The number of rotatable bonds is 4. The van der Waals surface area contributed by atoms with Crippen LogP contribution in [0.5, 0.6) is 0 Å². The van der Waals surface area contributed by atoms with E-state index < -0.39 is 5.82 Å². The smallest absolute Gasteiger partial charge is 0.226 e. The van der Waals surface area contributed by atoms with Gasteiger partial charge in [-0.3, -0.25) is 9.59 Å². The summed E-state index contributed by atoms with van der Waals surface area (Å²) in [4.78, 5) is 21.9. The van der Waals surface area contributed by atoms with Crippen molar-refractivity contribution in [3.05, 3.63) is 29.0 Å². The van der Waals surface area contributed by atoms with Gasteiger partial charge >= 0.3 is 0 Å².